The molecule has 1 aliphatic rings. The Morgan fingerprint density at radius 3 is 2.15 bits per heavy atom. The first kappa shape index (κ1) is 28.9. The molecule has 9 nitrogen and oxygen atoms in total. The van der Waals surface area contributed by atoms with Gasteiger partial charge in [-0.3, -0.25) is 13.9 Å². The smallest absolute Gasteiger partial charge is 0.264 e. The third-order valence-electron chi connectivity index (χ3n) is 6.51. The number of benzene rings is 3. The van der Waals surface area contributed by atoms with Crippen molar-refractivity contribution < 1.29 is 27.5 Å². The molecule has 1 N–H and O–H groups in total. The average molecular weight is 566 g/mol. The van der Waals surface area contributed by atoms with E-state index < -0.39 is 28.5 Å². The molecule has 3 aromatic carbocycles. The number of carbonyl (C=O) groups is 2. The van der Waals surface area contributed by atoms with E-state index in [4.69, 9.17) is 9.47 Å². The summed E-state index contributed by atoms with van der Waals surface area (Å²) in [4.78, 5) is 28.4. The van der Waals surface area contributed by atoms with Crippen LogP contribution in [0, 0.1) is 0 Å². The van der Waals surface area contributed by atoms with Crippen molar-refractivity contribution in [1.82, 2.24) is 10.2 Å². The molecule has 0 fully saturated rings. The molecule has 0 saturated carbocycles. The number of hydrogen-bond donors (Lipinski definition) is 1. The first-order valence-electron chi connectivity index (χ1n) is 13.3. The third kappa shape index (κ3) is 6.93. The zero-order valence-corrected chi connectivity index (χ0v) is 23.8. The van der Waals surface area contributed by atoms with Crippen molar-refractivity contribution in [2.75, 3.05) is 30.6 Å². The van der Waals surface area contributed by atoms with Gasteiger partial charge in [-0.1, -0.05) is 48.5 Å². The standard InChI is InChI=1S/C30H35N3O6S/c1-22(2)31-30(35)23(3)32(17-16-24-10-6-4-7-11-24)29(34)21-33(40(36,37)26-12-8-5-9-13-26)25-14-15-27-28(20-25)39-19-18-38-27/h4-15,20,22-23H,16-19,21H2,1-3H3,(H,31,35). The maximum atomic E-state index is 13.9. The van der Waals surface area contributed by atoms with Gasteiger partial charge in [-0.15, -0.1) is 0 Å². The van der Waals surface area contributed by atoms with Gasteiger partial charge in [0.2, 0.25) is 11.8 Å². The Morgan fingerprint density at radius 2 is 1.50 bits per heavy atom. The van der Waals surface area contributed by atoms with Gasteiger partial charge in [0.25, 0.3) is 10.0 Å². The van der Waals surface area contributed by atoms with Gasteiger partial charge in [-0.2, -0.15) is 0 Å². The number of amides is 2. The van der Waals surface area contributed by atoms with Gasteiger partial charge in [0.1, 0.15) is 25.8 Å². The zero-order valence-electron chi connectivity index (χ0n) is 22.9. The monoisotopic (exact) mass is 565 g/mol. The molecule has 0 bridgehead atoms. The highest BCUT2D eigenvalue weighted by atomic mass is 32.2. The van der Waals surface area contributed by atoms with Crippen molar-refractivity contribution in [2.24, 2.45) is 0 Å². The molecular formula is C30H35N3O6S. The molecule has 1 aliphatic heterocycles. The van der Waals surface area contributed by atoms with Gasteiger partial charge >= 0.3 is 0 Å². The number of nitrogens with one attached hydrogen (secondary N) is 1. The maximum Gasteiger partial charge on any atom is 0.264 e. The van der Waals surface area contributed by atoms with E-state index in [2.05, 4.69) is 5.32 Å². The summed E-state index contributed by atoms with van der Waals surface area (Å²) in [5.41, 5.74) is 1.25. The van der Waals surface area contributed by atoms with E-state index in [-0.39, 0.29) is 29.1 Å². The summed E-state index contributed by atoms with van der Waals surface area (Å²) in [6, 6.07) is 21.4. The Labute approximate surface area is 235 Å². The summed E-state index contributed by atoms with van der Waals surface area (Å²) < 4.78 is 40.1. The van der Waals surface area contributed by atoms with E-state index in [0.29, 0.717) is 31.1 Å². The Kier molecular flexibility index (Phi) is 9.31. The van der Waals surface area contributed by atoms with Crippen molar-refractivity contribution in [3.63, 3.8) is 0 Å². The number of hydrogen-bond acceptors (Lipinski definition) is 6. The Hall–Kier alpha value is -4.05. The van der Waals surface area contributed by atoms with Gasteiger partial charge in [0.15, 0.2) is 11.5 Å². The van der Waals surface area contributed by atoms with Crippen molar-refractivity contribution >= 4 is 27.5 Å². The molecular weight excluding hydrogens is 530 g/mol. The minimum Gasteiger partial charge on any atom is -0.486 e. The summed E-state index contributed by atoms with van der Waals surface area (Å²) in [6.07, 6.45) is 0.501. The van der Waals surface area contributed by atoms with E-state index in [9.17, 15) is 18.0 Å². The fraction of sp³-hybridized carbons (Fsp3) is 0.333. The number of carbonyl (C=O) groups excluding carboxylic acids is 2. The quantitative estimate of drug-likeness (QED) is 0.381. The lowest BCUT2D eigenvalue weighted by molar-refractivity contribution is -0.139. The van der Waals surface area contributed by atoms with Crippen LogP contribution in [0.15, 0.2) is 83.8 Å². The molecule has 3 aromatic rings. The maximum absolute atomic E-state index is 13.9. The lowest BCUT2D eigenvalue weighted by Gasteiger charge is -2.32. The van der Waals surface area contributed by atoms with Crippen LogP contribution in [0.4, 0.5) is 5.69 Å². The first-order valence-corrected chi connectivity index (χ1v) is 14.7. The van der Waals surface area contributed by atoms with Crippen molar-refractivity contribution in [1.29, 1.82) is 0 Å². The topological polar surface area (TPSA) is 105 Å². The molecule has 0 spiro atoms. The van der Waals surface area contributed by atoms with Gasteiger partial charge in [0.05, 0.1) is 10.6 Å². The molecule has 212 valence electrons. The van der Waals surface area contributed by atoms with Crippen LogP contribution in [0.25, 0.3) is 0 Å². The second-order valence-electron chi connectivity index (χ2n) is 9.81. The van der Waals surface area contributed by atoms with Crippen molar-refractivity contribution in [3.05, 3.63) is 84.4 Å². The fourth-order valence-corrected chi connectivity index (χ4v) is 5.84. The van der Waals surface area contributed by atoms with Gasteiger partial charge in [-0.05, 0) is 57.0 Å². The lowest BCUT2D eigenvalue weighted by Crippen LogP contribution is -2.53. The molecule has 1 unspecified atom stereocenters. The first-order chi connectivity index (χ1) is 19.2. The minimum absolute atomic E-state index is 0.0409. The van der Waals surface area contributed by atoms with Gasteiger partial charge < -0.3 is 19.7 Å². The molecule has 0 aliphatic carbocycles. The predicted octanol–water partition coefficient (Wildman–Crippen LogP) is 3.64. The SMILES string of the molecule is CC(C)NC(=O)C(C)N(CCc1ccccc1)C(=O)CN(c1ccc2c(c1)OCCO2)S(=O)(=O)c1ccccc1. The van der Waals surface area contributed by atoms with Crippen LogP contribution >= 0.6 is 0 Å². The second-order valence-corrected chi connectivity index (χ2v) is 11.7. The fourth-order valence-electron chi connectivity index (χ4n) is 4.41. The van der Waals surface area contributed by atoms with Gasteiger partial charge in [-0.25, -0.2) is 8.42 Å². The number of anilines is 1. The average Bonchev–Trinajstić information content (AvgIpc) is 2.96. The highest BCUT2D eigenvalue weighted by Gasteiger charge is 2.33. The Morgan fingerprint density at radius 1 is 0.875 bits per heavy atom. The molecule has 0 radical (unpaired) electrons. The number of nitrogens with zero attached hydrogens (tertiary/aromatic N) is 2. The second kappa shape index (κ2) is 12.9. The van der Waals surface area contributed by atoms with E-state index in [1.807, 2.05) is 44.2 Å². The summed E-state index contributed by atoms with van der Waals surface area (Å²) >= 11 is 0. The number of rotatable bonds is 11. The van der Waals surface area contributed by atoms with Crippen molar-refractivity contribution in [2.45, 2.75) is 44.2 Å². The van der Waals surface area contributed by atoms with Crippen LogP contribution in [0.3, 0.4) is 0 Å². The molecule has 4 rings (SSSR count). The highest BCUT2D eigenvalue weighted by Crippen LogP contribution is 2.35. The summed E-state index contributed by atoms with van der Waals surface area (Å²) in [6.45, 7) is 5.79. The molecule has 1 heterocycles. The lowest BCUT2D eigenvalue weighted by atomic mass is 10.1. The van der Waals surface area contributed by atoms with Crippen LogP contribution in [0.1, 0.15) is 26.3 Å². The van der Waals surface area contributed by atoms with E-state index in [1.54, 1.807) is 43.3 Å². The highest BCUT2D eigenvalue weighted by molar-refractivity contribution is 7.92. The van der Waals surface area contributed by atoms with Crippen LogP contribution in [-0.2, 0) is 26.0 Å². The number of sulfonamides is 1. The summed E-state index contributed by atoms with van der Waals surface area (Å²) in [5, 5.41) is 2.86. The van der Waals surface area contributed by atoms with Crippen molar-refractivity contribution in [3.8, 4) is 11.5 Å². The van der Waals surface area contributed by atoms with Crippen LogP contribution in [-0.4, -0.2) is 63.5 Å². The Bertz CT molecular complexity index is 1410. The Balaban J connectivity index is 1.69. The third-order valence-corrected chi connectivity index (χ3v) is 8.29. The molecule has 0 aromatic heterocycles. The number of ether oxygens (including phenoxy) is 2. The van der Waals surface area contributed by atoms with Crippen LogP contribution < -0.4 is 19.1 Å². The van der Waals surface area contributed by atoms with E-state index in [1.165, 1.54) is 17.0 Å². The molecule has 2 amide bonds. The normalized spacial score (nSPS) is 13.4. The summed E-state index contributed by atoms with van der Waals surface area (Å²) in [7, 11) is -4.15. The predicted molar refractivity (Wildman–Crippen MR) is 153 cm³/mol. The van der Waals surface area contributed by atoms with Gasteiger partial charge in [0, 0.05) is 18.7 Å². The van der Waals surface area contributed by atoms with E-state index in [0.717, 1.165) is 9.87 Å². The minimum atomic E-state index is -4.15. The molecule has 10 heteroatoms. The van der Waals surface area contributed by atoms with Crippen LogP contribution in [0.5, 0.6) is 11.5 Å². The molecule has 1 atom stereocenters. The molecule has 0 saturated heterocycles. The number of fused-ring (bicyclic) bond motifs is 1. The zero-order chi connectivity index (χ0) is 28.7. The van der Waals surface area contributed by atoms with Crippen LogP contribution in [0.2, 0.25) is 0 Å². The summed E-state index contributed by atoms with van der Waals surface area (Å²) in [5.74, 6) is 0.0851. The molecule has 40 heavy (non-hydrogen) atoms. The van der Waals surface area contributed by atoms with E-state index >= 15 is 0 Å². The largest absolute Gasteiger partial charge is 0.486 e.